The molecule has 0 bridgehead atoms. The fourth-order valence-electron chi connectivity index (χ4n) is 2.53. The minimum absolute atomic E-state index is 0.325. The molecule has 0 aliphatic heterocycles. The van der Waals surface area contributed by atoms with Crippen LogP contribution < -0.4 is 0 Å². The van der Waals surface area contributed by atoms with Gasteiger partial charge in [0.2, 0.25) is 0 Å². The molecule has 0 saturated heterocycles. The van der Waals surface area contributed by atoms with Crippen molar-refractivity contribution in [2.24, 2.45) is 0 Å². The van der Waals surface area contributed by atoms with Crippen molar-refractivity contribution in [2.45, 2.75) is 19.6 Å². The van der Waals surface area contributed by atoms with E-state index < -0.39 is 6.10 Å². The first kappa shape index (κ1) is 14.0. The number of nitrogens with zero attached hydrogens (tertiary/aromatic N) is 2. The fourth-order valence-corrected chi connectivity index (χ4v) is 2.80. The molecule has 2 heterocycles. The number of benzene rings is 1. The number of aromatic nitrogens is 2. The maximum atomic E-state index is 13.0. The van der Waals surface area contributed by atoms with Gasteiger partial charge in [-0.15, -0.1) is 0 Å². The van der Waals surface area contributed by atoms with Crippen LogP contribution in [0.25, 0.3) is 10.9 Å². The topological polar surface area (TPSA) is 38.0 Å². The minimum atomic E-state index is -0.834. The summed E-state index contributed by atoms with van der Waals surface area (Å²) in [6.07, 6.45) is 2.65. The molecule has 21 heavy (non-hydrogen) atoms. The van der Waals surface area contributed by atoms with E-state index in [9.17, 15) is 9.50 Å². The molecular formula is C16H14ClFN2O. The van der Waals surface area contributed by atoms with E-state index in [4.69, 9.17) is 11.6 Å². The Labute approximate surface area is 126 Å². The van der Waals surface area contributed by atoms with Gasteiger partial charge >= 0.3 is 0 Å². The van der Waals surface area contributed by atoms with Crippen molar-refractivity contribution in [1.29, 1.82) is 0 Å². The Kier molecular flexibility index (Phi) is 3.66. The van der Waals surface area contributed by atoms with Crippen LogP contribution in [0.15, 0.2) is 42.7 Å². The molecule has 5 heteroatoms. The van der Waals surface area contributed by atoms with Gasteiger partial charge in [0.15, 0.2) is 5.15 Å². The van der Waals surface area contributed by atoms with Gasteiger partial charge in [-0.25, -0.2) is 9.37 Å². The molecule has 0 aliphatic rings. The Morgan fingerprint density at radius 2 is 2.00 bits per heavy atom. The zero-order valence-corrected chi connectivity index (χ0v) is 12.2. The van der Waals surface area contributed by atoms with Crippen LogP contribution in [-0.2, 0) is 6.54 Å². The van der Waals surface area contributed by atoms with Crippen LogP contribution in [0.3, 0.4) is 0 Å². The number of hydrogen-bond donors (Lipinski definition) is 1. The van der Waals surface area contributed by atoms with Crippen LogP contribution in [0, 0.1) is 5.82 Å². The SMILES string of the molecule is CCn1cc(C(O)c2ccc(F)cc2)c2ccnc(Cl)c21. The van der Waals surface area contributed by atoms with E-state index in [1.54, 1.807) is 18.3 Å². The van der Waals surface area contributed by atoms with Crippen LogP contribution in [0.5, 0.6) is 0 Å². The number of aryl methyl sites for hydroxylation is 1. The third-order valence-corrected chi connectivity index (χ3v) is 3.87. The van der Waals surface area contributed by atoms with E-state index in [-0.39, 0.29) is 5.82 Å². The third kappa shape index (κ3) is 2.41. The van der Waals surface area contributed by atoms with Crippen LogP contribution in [0.1, 0.15) is 24.2 Å². The highest BCUT2D eigenvalue weighted by Crippen LogP contribution is 2.33. The summed E-state index contributed by atoms with van der Waals surface area (Å²) in [6.45, 7) is 2.72. The second-order valence-corrected chi connectivity index (χ2v) is 5.18. The minimum Gasteiger partial charge on any atom is -0.384 e. The molecular weight excluding hydrogens is 291 g/mol. The lowest BCUT2D eigenvalue weighted by Gasteiger charge is -2.10. The largest absolute Gasteiger partial charge is 0.384 e. The number of aliphatic hydroxyl groups is 1. The number of fused-ring (bicyclic) bond motifs is 1. The highest BCUT2D eigenvalue weighted by molar-refractivity contribution is 6.34. The second-order valence-electron chi connectivity index (χ2n) is 4.82. The maximum absolute atomic E-state index is 13.0. The summed E-state index contributed by atoms with van der Waals surface area (Å²) in [5.74, 6) is -0.325. The van der Waals surface area contributed by atoms with Gasteiger partial charge in [0, 0.05) is 29.9 Å². The standard InChI is InChI=1S/C16H14ClFN2O/c1-2-20-9-13(12-7-8-19-16(17)14(12)20)15(21)10-3-5-11(18)6-4-10/h3-9,15,21H,2H2,1H3. The molecule has 0 amide bonds. The van der Waals surface area contributed by atoms with Gasteiger partial charge in [-0.2, -0.15) is 0 Å². The van der Waals surface area contributed by atoms with Gasteiger partial charge in [-0.05, 0) is 30.7 Å². The normalized spacial score (nSPS) is 12.8. The quantitative estimate of drug-likeness (QED) is 0.745. The van der Waals surface area contributed by atoms with Crippen LogP contribution in [0.4, 0.5) is 4.39 Å². The number of hydrogen-bond acceptors (Lipinski definition) is 2. The zero-order valence-electron chi connectivity index (χ0n) is 11.4. The van der Waals surface area contributed by atoms with E-state index in [1.165, 1.54) is 12.1 Å². The molecule has 108 valence electrons. The fraction of sp³-hybridized carbons (Fsp3) is 0.188. The molecule has 0 aliphatic carbocycles. The molecule has 1 N–H and O–H groups in total. The van der Waals surface area contributed by atoms with Crippen molar-refractivity contribution in [3.63, 3.8) is 0 Å². The molecule has 1 aromatic carbocycles. The first-order valence-corrected chi connectivity index (χ1v) is 7.06. The molecule has 0 spiro atoms. The van der Waals surface area contributed by atoms with Crippen molar-refractivity contribution in [3.8, 4) is 0 Å². The molecule has 1 atom stereocenters. The summed E-state index contributed by atoms with van der Waals surface area (Å²) in [5, 5.41) is 11.8. The third-order valence-electron chi connectivity index (χ3n) is 3.59. The molecule has 0 radical (unpaired) electrons. The van der Waals surface area contributed by atoms with Crippen molar-refractivity contribution < 1.29 is 9.50 Å². The summed E-state index contributed by atoms with van der Waals surface area (Å²) < 4.78 is 15.0. The number of rotatable bonds is 3. The molecule has 0 saturated carbocycles. The van der Waals surface area contributed by atoms with Crippen LogP contribution in [-0.4, -0.2) is 14.7 Å². The predicted octanol–water partition coefficient (Wildman–Crippen LogP) is 3.93. The summed E-state index contributed by atoms with van der Waals surface area (Å²) in [5.41, 5.74) is 2.18. The molecule has 3 nitrogen and oxygen atoms in total. The van der Waals surface area contributed by atoms with Gasteiger partial charge in [0.1, 0.15) is 11.9 Å². The molecule has 2 aromatic heterocycles. The van der Waals surface area contributed by atoms with E-state index in [0.29, 0.717) is 10.7 Å². The highest BCUT2D eigenvalue weighted by Gasteiger charge is 2.18. The predicted molar refractivity (Wildman–Crippen MR) is 80.9 cm³/mol. The van der Waals surface area contributed by atoms with Gasteiger partial charge in [-0.3, -0.25) is 0 Å². The first-order valence-electron chi connectivity index (χ1n) is 6.68. The summed E-state index contributed by atoms with van der Waals surface area (Å²) >= 11 is 6.16. The van der Waals surface area contributed by atoms with E-state index in [1.807, 2.05) is 23.8 Å². The summed E-state index contributed by atoms with van der Waals surface area (Å²) in [6, 6.07) is 7.67. The average Bonchev–Trinajstić information content (AvgIpc) is 2.87. The number of halogens is 2. The van der Waals surface area contributed by atoms with Crippen molar-refractivity contribution in [2.75, 3.05) is 0 Å². The Hall–Kier alpha value is -1.91. The van der Waals surface area contributed by atoms with E-state index in [0.717, 1.165) is 23.0 Å². The van der Waals surface area contributed by atoms with Gasteiger partial charge in [0.05, 0.1) is 5.52 Å². The second kappa shape index (κ2) is 5.47. The molecule has 3 aromatic rings. The zero-order chi connectivity index (χ0) is 15.0. The van der Waals surface area contributed by atoms with Crippen LogP contribution >= 0.6 is 11.6 Å². The lowest BCUT2D eigenvalue weighted by Crippen LogP contribution is -1.99. The Morgan fingerprint density at radius 1 is 1.29 bits per heavy atom. The Morgan fingerprint density at radius 3 is 2.67 bits per heavy atom. The number of pyridine rings is 1. The van der Waals surface area contributed by atoms with Gasteiger partial charge in [0.25, 0.3) is 0 Å². The molecule has 3 rings (SSSR count). The molecule has 0 fully saturated rings. The summed E-state index contributed by atoms with van der Waals surface area (Å²) in [7, 11) is 0. The highest BCUT2D eigenvalue weighted by atomic mass is 35.5. The number of aliphatic hydroxyl groups excluding tert-OH is 1. The monoisotopic (exact) mass is 304 g/mol. The average molecular weight is 305 g/mol. The Balaban J connectivity index is 2.16. The lowest BCUT2D eigenvalue weighted by molar-refractivity contribution is 0.221. The van der Waals surface area contributed by atoms with Gasteiger partial charge < -0.3 is 9.67 Å². The van der Waals surface area contributed by atoms with E-state index in [2.05, 4.69) is 4.98 Å². The van der Waals surface area contributed by atoms with Gasteiger partial charge in [-0.1, -0.05) is 23.7 Å². The first-order chi connectivity index (χ1) is 10.1. The lowest BCUT2D eigenvalue weighted by atomic mass is 10.0. The molecule has 1 unspecified atom stereocenters. The van der Waals surface area contributed by atoms with Crippen molar-refractivity contribution in [3.05, 3.63) is 64.8 Å². The maximum Gasteiger partial charge on any atom is 0.153 e. The van der Waals surface area contributed by atoms with Crippen molar-refractivity contribution in [1.82, 2.24) is 9.55 Å². The Bertz CT molecular complexity index is 783. The van der Waals surface area contributed by atoms with E-state index >= 15 is 0 Å². The smallest absolute Gasteiger partial charge is 0.153 e. The van der Waals surface area contributed by atoms with Crippen LogP contribution in [0.2, 0.25) is 5.15 Å². The summed E-state index contributed by atoms with van der Waals surface area (Å²) in [4.78, 5) is 4.09. The van der Waals surface area contributed by atoms with Crippen molar-refractivity contribution >= 4 is 22.5 Å².